The van der Waals surface area contributed by atoms with Crippen LogP contribution in [0.4, 0.5) is 0 Å². The average molecular weight is 414 g/mol. The molecule has 0 aliphatic rings. The molecule has 0 bridgehead atoms. The molecule has 0 aliphatic carbocycles. The summed E-state index contributed by atoms with van der Waals surface area (Å²) in [7, 11) is 1.38. The zero-order chi connectivity index (χ0) is 21.9. The van der Waals surface area contributed by atoms with E-state index in [1.54, 1.807) is 24.3 Å². The van der Waals surface area contributed by atoms with Crippen molar-refractivity contribution < 1.29 is 24.2 Å². The maximum Gasteiger partial charge on any atom is 0.333 e. The molecule has 0 aliphatic heterocycles. The van der Waals surface area contributed by atoms with Gasteiger partial charge in [0.2, 0.25) is 0 Å². The molecule has 2 aromatic carbocycles. The Morgan fingerprint density at radius 3 is 2.30 bits per heavy atom. The third kappa shape index (κ3) is 6.88. The van der Waals surface area contributed by atoms with E-state index in [4.69, 9.17) is 14.6 Å². The summed E-state index contributed by atoms with van der Waals surface area (Å²) in [5.41, 5.74) is 1.92. The number of carboxylic acids is 1. The normalized spacial score (nSPS) is 12.8. The van der Waals surface area contributed by atoms with Gasteiger partial charge in [0.05, 0.1) is 6.04 Å². The van der Waals surface area contributed by atoms with Gasteiger partial charge in [-0.3, -0.25) is 4.79 Å². The fourth-order valence-electron chi connectivity index (χ4n) is 3.21. The highest BCUT2D eigenvalue weighted by Crippen LogP contribution is 2.21. The number of carbonyl (C=O) groups is 2. The molecule has 6 heteroatoms. The van der Waals surface area contributed by atoms with E-state index < -0.39 is 12.1 Å². The van der Waals surface area contributed by atoms with Gasteiger partial charge < -0.3 is 19.5 Å². The van der Waals surface area contributed by atoms with Crippen molar-refractivity contribution in [2.24, 2.45) is 0 Å². The Morgan fingerprint density at radius 2 is 1.73 bits per heavy atom. The van der Waals surface area contributed by atoms with Crippen LogP contribution in [-0.4, -0.2) is 48.2 Å². The number of amides is 1. The Kier molecular flexibility index (Phi) is 9.35. The smallest absolute Gasteiger partial charge is 0.333 e. The Labute approximate surface area is 178 Å². The van der Waals surface area contributed by atoms with Gasteiger partial charge in [0.25, 0.3) is 5.91 Å². The first-order valence-electron chi connectivity index (χ1n) is 10.3. The zero-order valence-corrected chi connectivity index (χ0v) is 17.9. The number of rotatable bonds is 12. The summed E-state index contributed by atoms with van der Waals surface area (Å²) < 4.78 is 10.7. The molecular weight excluding hydrogens is 382 g/mol. The number of nitrogens with zero attached hydrogens (tertiary/aromatic N) is 1. The second kappa shape index (κ2) is 12.0. The lowest BCUT2D eigenvalue weighted by Crippen LogP contribution is -2.37. The van der Waals surface area contributed by atoms with E-state index in [-0.39, 0.29) is 25.0 Å². The summed E-state index contributed by atoms with van der Waals surface area (Å²) in [6.07, 6.45) is 1.32. The van der Waals surface area contributed by atoms with Crippen molar-refractivity contribution in [2.45, 2.75) is 45.3 Å². The molecule has 0 fully saturated rings. The number of carboxylic acid groups (broad SMARTS) is 1. The van der Waals surface area contributed by atoms with Crippen molar-refractivity contribution in [2.75, 3.05) is 20.3 Å². The summed E-state index contributed by atoms with van der Waals surface area (Å²) in [6.45, 7) is 4.77. The molecule has 0 aromatic heterocycles. The second-order valence-corrected chi connectivity index (χ2v) is 7.23. The molecule has 30 heavy (non-hydrogen) atoms. The minimum atomic E-state index is -0.997. The Hall–Kier alpha value is -2.86. The molecule has 0 spiro atoms. The first-order chi connectivity index (χ1) is 14.5. The quantitative estimate of drug-likeness (QED) is 0.567. The van der Waals surface area contributed by atoms with E-state index in [2.05, 4.69) is 6.92 Å². The maximum absolute atomic E-state index is 12.9. The molecule has 2 atom stereocenters. The second-order valence-electron chi connectivity index (χ2n) is 7.23. The number of benzene rings is 2. The highest BCUT2D eigenvalue weighted by molar-refractivity contribution is 5.78. The van der Waals surface area contributed by atoms with Gasteiger partial charge in [-0.1, -0.05) is 55.8 Å². The molecule has 6 nitrogen and oxygen atoms in total. The molecule has 2 rings (SSSR count). The molecule has 1 unspecified atom stereocenters. The fourth-order valence-corrected chi connectivity index (χ4v) is 3.21. The van der Waals surface area contributed by atoms with Gasteiger partial charge in [0.1, 0.15) is 5.75 Å². The molecule has 1 N–H and O–H groups in total. The molecule has 0 saturated carbocycles. The number of unbranched alkanes of at least 4 members (excludes halogenated alkanes) is 1. The average Bonchev–Trinajstić information content (AvgIpc) is 2.77. The number of hydrogen-bond donors (Lipinski definition) is 1. The van der Waals surface area contributed by atoms with Crippen LogP contribution < -0.4 is 4.74 Å². The van der Waals surface area contributed by atoms with Gasteiger partial charge in [-0.25, -0.2) is 4.79 Å². The molecule has 2 aromatic rings. The van der Waals surface area contributed by atoms with Crippen molar-refractivity contribution in [1.82, 2.24) is 4.90 Å². The van der Waals surface area contributed by atoms with E-state index in [9.17, 15) is 9.59 Å². The summed E-state index contributed by atoms with van der Waals surface area (Å²) in [5, 5.41) is 9.08. The van der Waals surface area contributed by atoms with Crippen molar-refractivity contribution >= 4 is 11.9 Å². The van der Waals surface area contributed by atoms with Crippen LogP contribution in [0, 0.1) is 0 Å². The van der Waals surface area contributed by atoms with Gasteiger partial charge >= 0.3 is 5.97 Å². The third-order valence-electron chi connectivity index (χ3n) is 5.09. The van der Waals surface area contributed by atoms with Gasteiger partial charge in [0, 0.05) is 20.1 Å². The molecule has 0 heterocycles. The van der Waals surface area contributed by atoms with Crippen LogP contribution in [0.5, 0.6) is 5.75 Å². The van der Waals surface area contributed by atoms with E-state index >= 15 is 0 Å². The molecule has 0 saturated heterocycles. The van der Waals surface area contributed by atoms with E-state index in [1.807, 2.05) is 42.2 Å². The van der Waals surface area contributed by atoms with E-state index in [0.29, 0.717) is 12.3 Å². The summed E-state index contributed by atoms with van der Waals surface area (Å²) >= 11 is 0. The Morgan fingerprint density at radius 1 is 1.07 bits per heavy atom. The Balaban J connectivity index is 1.98. The van der Waals surface area contributed by atoms with Crippen molar-refractivity contribution in [1.29, 1.82) is 0 Å². The van der Waals surface area contributed by atoms with Crippen LogP contribution >= 0.6 is 0 Å². The lowest BCUT2D eigenvalue weighted by molar-refractivity contribution is -0.148. The number of ether oxygens (including phenoxy) is 2. The van der Waals surface area contributed by atoms with Gasteiger partial charge in [-0.2, -0.15) is 0 Å². The van der Waals surface area contributed by atoms with Gasteiger partial charge in [-0.15, -0.1) is 0 Å². The van der Waals surface area contributed by atoms with Crippen LogP contribution in [0.1, 0.15) is 43.9 Å². The number of hydrogen-bond acceptors (Lipinski definition) is 4. The zero-order valence-electron chi connectivity index (χ0n) is 17.9. The van der Waals surface area contributed by atoms with Crippen molar-refractivity contribution in [3.63, 3.8) is 0 Å². The number of carbonyl (C=O) groups excluding carboxylic acids is 1. The molecule has 1 amide bonds. The number of aliphatic carboxylic acids is 1. The molecular formula is C24H31NO5. The monoisotopic (exact) mass is 413 g/mol. The molecule has 0 radical (unpaired) electrons. The predicted octanol–water partition coefficient (Wildman–Crippen LogP) is 4.10. The molecule has 162 valence electrons. The number of methoxy groups -OCH3 is 1. The SMILES string of the molecule is CCCCN(C(=O)COc1ccc(C[C@H](OC)C(=O)O)cc1)C(C)c1ccccc1. The summed E-state index contributed by atoms with van der Waals surface area (Å²) in [4.78, 5) is 25.8. The first kappa shape index (κ1) is 23.4. The van der Waals surface area contributed by atoms with Gasteiger partial charge in [-0.05, 0) is 36.6 Å². The van der Waals surface area contributed by atoms with Crippen molar-refractivity contribution in [3.05, 3.63) is 65.7 Å². The standard InChI is InChI=1S/C24H31NO5/c1-4-5-15-25(18(2)20-9-7-6-8-10-20)23(26)17-30-21-13-11-19(12-14-21)16-22(29-3)24(27)28/h6-14,18,22H,4-5,15-17H2,1-3H3,(H,27,28)/t18?,22-/m0/s1. The lowest BCUT2D eigenvalue weighted by Gasteiger charge is -2.29. The fraction of sp³-hybridized carbons (Fsp3) is 0.417. The van der Waals surface area contributed by atoms with E-state index in [0.717, 1.165) is 24.0 Å². The minimum Gasteiger partial charge on any atom is -0.484 e. The summed E-state index contributed by atoms with van der Waals surface area (Å²) in [5.74, 6) is -0.489. The highest BCUT2D eigenvalue weighted by atomic mass is 16.5. The topological polar surface area (TPSA) is 76.1 Å². The third-order valence-corrected chi connectivity index (χ3v) is 5.09. The Bertz CT molecular complexity index is 791. The van der Waals surface area contributed by atoms with Gasteiger partial charge in [0.15, 0.2) is 12.7 Å². The maximum atomic E-state index is 12.9. The van der Waals surface area contributed by atoms with Crippen LogP contribution in [0.25, 0.3) is 0 Å². The largest absolute Gasteiger partial charge is 0.484 e. The minimum absolute atomic E-state index is 0.0294. The predicted molar refractivity (Wildman–Crippen MR) is 116 cm³/mol. The van der Waals surface area contributed by atoms with Crippen LogP contribution in [0.3, 0.4) is 0 Å². The first-order valence-corrected chi connectivity index (χ1v) is 10.3. The lowest BCUT2D eigenvalue weighted by atomic mass is 10.1. The van der Waals surface area contributed by atoms with E-state index in [1.165, 1.54) is 7.11 Å². The van der Waals surface area contributed by atoms with Crippen LogP contribution in [0.15, 0.2) is 54.6 Å². The van der Waals surface area contributed by atoms with Crippen molar-refractivity contribution in [3.8, 4) is 5.75 Å². The van der Waals surface area contributed by atoms with Crippen LogP contribution in [-0.2, 0) is 20.7 Å². The summed E-state index contributed by atoms with van der Waals surface area (Å²) in [6, 6.07) is 17.0. The highest BCUT2D eigenvalue weighted by Gasteiger charge is 2.21. The van der Waals surface area contributed by atoms with Crippen LogP contribution in [0.2, 0.25) is 0 Å².